The minimum atomic E-state index is -0.271. The monoisotopic (exact) mass is 224 g/mol. The molecule has 92 valence electrons. The number of hydrogen-bond acceptors (Lipinski definition) is 2. The van der Waals surface area contributed by atoms with Gasteiger partial charge >= 0.3 is 0 Å². The van der Waals surface area contributed by atoms with Crippen LogP contribution in [0.3, 0.4) is 0 Å². The Balaban J connectivity index is 0.000000673. The molecule has 0 fully saturated rings. The first kappa shape index (κ1) is 15.1. The molecule has 1 aromatic rings. The molecule has 0 heterocycles. The van der Waals surface area contributed by atoms with Crippen molar-refractivity contribution in [3.63, 3.8) is 0 Å². The Labute approximate surface area is 98.9 Å². The average Bonchev–Trinajstić information content (AvgIpc) is 2.31. The second kappa shape index (κ2) is 10.7. The first-order chi connectivity index (χ1) is 7.76. The van der Waals surface area contributed by atoms with Crippen molar-refractivity contribution < 1.29 is 10.2 Å². The summed E-state index contributed by atoms with van der Waals surface area (Å²) in [6.07, 6.45) is 4.16. The van der Waals surface area contributed by atoms with Gasteiger partial charge in [-0.05, 0) is 18.9 Å². The van der Waals surface area contributed by atoms with Crippen molar-refractivity contribution in [3.05, 3.63) is 35.9 Å². The molecule has 0 aliphatic carbocycles. The van der Waals surface area contributed by atoms with Crippen LogP contribution in [-0.2, 0) is 0 Å². The molecule has 0 saturated carbocycles. The van der Waals surface area contributed by atoms with Crippen molar-refractivity contribution in [1.82, 2.24) is 0 Å². The molecule has 2 N–H and O–H groups in total. The third-order valence-corrected chi connectivity index (χ3v) is 2.27. The van der Waals surface area contributed by atoms with Crippen molar-refractivity contribution in [2.45, 2.75) is 45.6 Å². The van der Waals surface area contributed by atoms with E-state index in [2.05, 4.69) is 6.92 Å². The zero-order valence-electron chi connectivity index (χ0n) is 10.4. The molecular weight excluding hydrogens is 200 g/mol. The molecule has 1 rings (SSSR count). The Morgan fingerprint density at radius 3 is 2.12 bits per heavy atom. The summed E-state index contributed by atoms with van der Waals surface area (Å²) in [6, 6.07) is 9.88. The lowest BCUT2D eigenvalue weighted by Gasteiger charge is -2.09. The number of aliphatic hydroxyl groups excluding tert-OH is 2. The topological polar surface area (TPSA) is 40.5 Å². The van der Waals surface area contributed by atoms with Gasteiger partial charge in [-0.2, -0.15) is 0 Å². The highest BCUT2D eigenvalue weighted by atomic mass is 16.3. The van der Waals surface area contributed by atoms with E-state index in [1.54, 1.807) is 6.92 Å². The van der Waals surface area contributed by atoms with Crippen LogP contribution in [0, 0.1) is 0 Å². The molecule has 2 nitrogen and oxygen atoms in total. The van der Waals surface area contributed by atoms with Crippen molar-refractivity contribution in [3.8, 4) is 0 Å². The zero-order chi connectivity index (χ0) is 12.2. The highest BCUT2D eigenvalue weighted by Gasteiger charge is 2.04. The summed E-state index contributed by atoms with van der Waals surface area (Å²) in [7, 11) is 0. The Kier molecular flexibility index (Phi) is 10.1. The fourth-order valence-electron chi connectivity index (χ4n) is 1.43. The predicted octanol–water partition coefficient (Wildman–Crippen LogP) is 3.30. The SMILES string of the molecule is CCCCCC(O)c1ccccc1.CCO. The fourth-order valence-corrected chi connectivity index (χ4v) is 1.43. The maximum Gasteiger partial charge on any atom is 0.0790 e. The summed E-state index contributed by atoms with van der Waals surface area (Å²) in [5.41, 5.74) is 1.04. The van der Waals surface area contributed by atoms with Crippen LogP contribution in [0.5, 0.6) is 0 Å². The molecule has 1 unspecified atom stereocenters. The van der Waals surface area contributed by atoms with Crippen LogP contribution >= 0.6 is 0 Å². The van der Waals surface area contributed by atoms with E-state index in [9.17, 15) is 5.11 Å². The Hall–Kier alpha value is -0.860. The maximum atomic E-state index is 9.75. The van der Waals surface area contributed by atoms with Crippen LogP contribution in [0.25, 0.3) is 0 Å². The van der Waals surface area contributed by atoms with E-state index in [4.69, 9.17) is 5.11 Å². The molecule has 16 heavy (non-hydrogen) atoms. The van der Waals surface area contributed by atoms with Gasteiger partial charge in [-0.1, -0.05) is 56.5 Å². The van der Waals surface area contributed by atoms with Gasteiger partial charge in [0.1, 0.15) is 0 Å². The third kappa shape index (κ3) is 7.43. The summed E-state index contributed by atoms with van der Waals surface area (Å²) < 4.78 is 0. The number of hydrogen-bond donors (Lipinski definition) is 2. The standard InChI is InChI=1S/C12H18O.C2H6O/c1-2-3-5-10-12(13)11-8-6-4-7-9-11;1-2-3/h4,6-9,12-13H,2-3,5,10H2,1H3;3H,2H2,1H3. The molecule has 1 aromatic carbocycles. The molecule has 0 radical (unpaired) electrons. The normalized spacial score (nSPS) is 11.5. The fraction of sp³-hybridized carbons (Fsp3) is 0.571. The van der Waals surface area contributed by atoms with Gasteiger partial charge in [0.05, 0.1) is 6.10 Å². The van der Waals surface area contributed by atoms with E-state index in [0.717, 1.165) is 18.4 Å². The van der Waals surface area contributed by atoms with Gasteiger partial charge in [-0.25, -0.2) is 0 Å². The van der Waals surface area contributed by atoms with Crippen LogP contribution in [0.1, 0.15) is 51.2 Å². The van der Waals surface area contributed by atoms with Gasteiger partial charge in [0.25, 0.3) is 0 Å². The van der Waals surface area contributed by atoms with Gasteiger partial charge in [0.2, 0.25) is 0 Å². The molecule has 2 heteroatoms. The highest BCUT2D eigenvalue weighted by molar-refractivity contribution is 5.16. The van der Waals surface area contributed by atoms with Crippen LogP contribution < -0.4 is 0 Å². The van der Waals surface area contributed by atoms with Gasteiger partial charge in [0.15, 0.2) is 0 Å². The summed E-state index contributed by atoms with van der Waals surface area (Å²) in [5.74, 6) is 0. The average molecular weight is 224 g/mol. The smallest absolute Gasteiger partial charge is 0.0790 e. The van der Waals surface area contributed by atoms with Crippen LogP contribution in [0.4, 0.5) is 0 Å². The van der Waals surface area contributed by atoms with Gasteiger partial charge in [-0.15, -0.1) is 0 Å². The molecule has 0 saturated heterocycles. The second-order valence-electron chi connectivity index (χ2n) is 3.74. The molecule has 0 bridgehead atoms. The summed E-state index contributed by atoms with van der Waals surface area (Å²) >= 11 is 0. The summed E-state index contributed by atoms with van der Waals surface area (Å²) in [4.78, 5) is 0. The third-order valence-electron chi connectivity index (χ3n) is 2.27. The van der Waals surface area contributed by atoms with Gasteiger partial charge in [-0.3, -0.25) is 0 Å². The Bertz CT molecular complexity index is 234. The van der Waals surface area contributed by atoms with Crippen molar-refractivity contribution in [2.75, 3.05) is 6.61 Å². The summed E-state index contributed by atoms with van der Waals surface area (Å²) in [6.45, 7) is 4.11. The van der Waals surface area contributed by atoms with E-state index in [1.165, 1.54) is 12.8 Å². The van der Waals surface area contributed by atoms with E-state index >= 15 is 0 Å². The van der Waals surface area contributed by atoms with Crippen molar-refractivity contribution in [1.29, 1.82) is 0 Å². The summed E-state index contributed by atoms with van der Waals surface area (Å²) in [5, 5.41) is 17.3. The minimum absolute atomic E-state index is 0.250. The minimum Gasteiger partial charge on any atom is -0.397 e. The number of aliphatic hydroxyl groups is 2. The molecule has 0 spiro atoms. The van der Waals surface area contributed by atoms with Crippen molar-refractivity contribution in [2.24, 2.45) is 0 Å². The molecule has 1 atom stereocenters. The molecular formula is C14H24O2. The van der Waals surface area contributed by atoms with Crippen molar-refractivity contribution >= 4 is 0 Å². The van der Waals surface area contributed by atoms with Gasteiger partial charge in [0, 0.05) is 6.61 Å². The number of rotatable bonds is 5. The Morgan fingerprint density at radius 1 is 1.06 bits per heavy atom. The van der Waals surface area contributed by atoms with Gasteiger partial charge < -0.3 is 10.2 Å². The first-order valence-corrected chi connectivity index (χ1v) is 6.10. The quantitative estimate of drug-likeness (QED) is 0.753. The molecule has 0 aromatic heterocycles. The highest BCUT2D eigenvalue weighted by Crippen LogP contribution is 2.18. The predicted molar refractivity (Wildman–Crippen MR) is 68.3 cm³/mol. The number of unbranched alkanes of at least 4 members (excludes halogenated alkanes) is 2. The lowest BCUT2D eigenvalue weighted by molar-refractivity contribution is 0.163. The largest absolute Gasteiger partial charge is 0.397 e. The molecule has 0 aliphatic heterocycles. The van der Waals surface area contributed by atoms with Crippen LogP contribution in [0.2, 0.25) is 0 Å². The lowest BCUT2D eigenvalue weighted by atomic mass is 10.0. The lowest BCUT2D eigenvalue weighted by Crippen LogP contribution is -1.96. The number of benzene rings is 1. The van der Waals surface area contributed by atoms with E-state index in [0.29, 0.717) is 0 Å². The van der Waals surface area contributed by atoms with Crippen LogP contribution in [0.15, 0.2) is 30.3 Å². The maximum absolute atomic E-state index is 9.75. The molecule has 0 amide bonds. The molecule has 0 aliphatic rings. The first-order valence-electron chi connectivity index (χ1n) is 6.10. The van der Waals surface area contributed by atoms with E-state index < -0.39 is 0 Å². The zero-order valence-corrected chi connectivity index (χ0v) is 10.4. The second-order valence-corrected chi connectivity index (χ2v) is 3.74. The Morgan fingerprint density at radius 2 is 1.62 bits per heavy atom. The van der Waals surface area contributed by atoms with E-state index in [-0.39, 0.29) is 12.7 Å². The van der Waals surface area contributed by atoms with Crippen LogP contribution in [-0.4, -0.2) is 16.8 Å². The van der Waals surface area contributed by atoms with E-state index in [1.807, 2.05) is 30.3 Å².